The minimum Gasteiger partial charge on any atom is -0.389 e. The van der Waals surface area contributed by atoms with Crippen molar-refractivity contribution in [2.24, 2.45) is 5.92 Å². The number of halogens is 3. The van der Waals surface area contributed by atoms with Crippen LogP contribution in [0.4, 0.5) is 13.2 Å². The van der Waals surface area contributed by atoms with E-state index in [0.29, 0.717) is 5.92 Å². The fourth-order valence-corrected chi connectivity index (χ4v) is 2.91. The van der Waals surface area contributed by atoms with Crippen LogP contribution in [0.3, 0.4) is 0 Å². The van der Waals surface area contributed by atoms with Gasteiger partial charge in [0.1, 0.15) is 0 Å². The van der Waals surface area contributed by atoms with Gasteiger partial charge in [-0.25, -0.2) is 0 Å². The number of nitrogens with one attached hydrogen (secondary N) is 1. The van der Waals surface area contributed by atoms with Gasteiger partial charge in [-0.05, 0) is 25.7 Å². The van der Waals surface area contributed by atoms with E-state index in [1.807, 2.05) is 0 Å². The zero-order chi connectivity index (χ0) is 15.9. The molecular weight excluding hydrogens is 283 g/mol. The second-order valence-electron chi connectivity index (χ2n) is 6.11. The van der Waals surface area contributed by atoms with E-state index in [9.17, 15) is 18.3 Å². The predicted octanol–water partition coefficient (Wildman–Crippen LogP) is 3.26. The molecule has 0 amide bonds. The molecule has 0 saturated heterocycles. The van der Waals surface area contributed by atoms with Crippen molar-refractivity contribution in [3.05, 3.63) is 0 Å². The van der Waals surface area contributed by atoms with Crippen molar-refractivity contribution in [2.75, 3.05) is 13.2 Å². The van der Waals surface area contributed by atoms with E-state index < -0.39 is 24.7 Å². The summed E-state index contributed by atoms with van der Waals surface area (Å²) in [6, 6.07) is -0.697. The molecule has 126 valence electrons. The zero-order valence-electron chi connectivity index (χ0n) is 13.0. The number of rotatable bonds is 8. The number of hydrogen-bond acceptors (Lipinski definition) is 3. The number of aliphatic hydroxyl groups is 1. The van der Waals surface area contributed by atoms with Crippen LogP contribution >= 0.6 is 0 Å². The third kappa shape index (κ3) is 8.02. The number of alkyl halides is 3. The first kappa shape index (κ1) is 18.7. The molecule has 4 unspecified atom stereocenters. The van der Waals surface area contributed by atoms with E-state index in [-0.39, 0.29) is 19.3 Å². The van der Waals surface area contributed by atoms with Gasteiger partial charge in [0.25, 0.3) is 0 Å². The Morgan fingerprint density at radius 3 is 2.57 bits per heavy atom. The minimum atomic E-state index is -4.18. The molecule has 1 aliphatic rings. The fourth-order valence-electron chi connectivity index (χ4n) is 2.91. The second-order valence-corrected chi connectivity index (χ2v) is 6.11. The van der Waals surface area contributed by atoms with Crippen LogP contribution in [-0.4, -0.2) is 42.7 Å². The van der Waals surface area contributed by atoms with E-state index in [1.54, 1.807) is 0 Å². The molecule has 1 aliphatic carbocycles. The van der Waals surface area contributed by atoms with Gasteiger partial charge in [0.15, 0.2) is 0 Å². The molecule has 21 heavy (non-hydrogen) atoms. The first-order chi connectivity index (χ1) is 9.81. The van der Waals surface area contributed by atoms with Crippen LogP contribution in [0.25, 0.3) is 0 Å². The normalized spacial score (nSPS) is 26.6. The Labute approximate surface area is 125 Å². The van der Waals surface area contributed by atoms with Crippen LogP contribution < -0.4 is 5.32 Å². The lowest BCUT2D eigenvalue weighted by Gasteiger charge is -2.31. The fraction of sp³-hybridized carbons (Fsp3) is 1.00. The average molecular weight is 311 g/mol. The first-order valence-electron chi connectivity index (χ1n) is 7.91. The summed E-state index contributed by atoms with van der Waals surface area (Å²) < 4.78 is 42.3. The van der Waals surface area contributed by atoms with Gasteiger partial charge in [-0.3, -0.25) is 0 Å². The van der Waals surface area contributed by atoms with Crippen molar-refractivity contribution in [3.8, 4) is 0 Å². The van der Waals surface area contributed by atoms with Crippen molar-refractivity contribution in [1.29, 1.82) is 0 Å². The molecule has 0 radical (unpaired) electrons. The van der Waals surface area contributed by atoms with Crippen LogP contribution in [0, 0.1) is 5.92 Å². The molecule has 3 nitrogen and oxygen atoms in total. The van der Waals surface area contributed by atoms with E-state index in [4.69, 9.17) is 4.74 Å². The van der Waals surface area contributed by atoms with E-state index >= 15 is 0 Å². The lowest BCUT2D eigenvalue weighted by molar-refractivity contribution is -0.139. The van der Waals surface area contributed by atoms with E-state index in [1.165, 1.54) is 13.3 Å². The van der Waals surface area contributed by atoms with Crippen molar-refractivity contribution in [2.45, 2.75) is 76.8 Å². The molecular formula is C15H28F3NO2. The van der Waals surface area contributed by atoms with Crippen LogP contribution in [0.2, 0.25) is 0 Å². The Kier molecular flexibility index (Phi) is 7.98. The van der Waals surface area contributed by atoms with Gasteiger partial charge in [0.2, 0.25) is 0 Å². The molecule has 4 atom stereocenters. The Bertz CT molecular complexity index is 287. The summed E-state index contributed by atoms with van der Waals surface area (Å²) in [5.41, 5.74) is 0. The molecule has 6 heteroatoms. The van der Waals surface area contributed by atoms with Gasteiger partial charge in [-0.15, -0.1) is 0 Å². The second kappa shape index (κ2) is 8.96. The summed E-state index contributed by atoms with van der Waals surface area (Å²) in [6.45, 7) is 3.92. The van der Waals surface area contributed by atoms with Crippen molar-refractivity contribution >= 4 is 0 Å². The predicted molar refractivity (Wildman–Crippen MR) is 76.1 cm³/mol. The highest BCUT2D eigenvalue weighted by molar-refractivity contribution is 4.76. The Hall–Kier alpha value is -0.330. The molecule has 0 aromatic carbocycles. The molecule has 1 saturated carbocycles. The third-order valence-corrected chi connectivity index (χ3v) is 4.11. The topological polar surface area (TPSA) is 41.5 Å². The number of ether oxygens (including phenoxy) is 1. The smallest absolute Gasteiger partial charge is 0.389 e. The Morgan fingerprint density at radius 2 is 1.95 bits per heavy atom. The van der Waals surface area contributed by atoms with Crippen LogP contribution in [0.15, 0.2) is 0 Å². The highest BCUT2D eigenvalue weighted by atomic mass is 19.4. The molecule has 2 N–H and O–H groups in total. The van der Waals surface area contributed by atoms with Crippen molar-refractivity contribution < 1.29 is 23.0 Å². The average Bonchev–Trinajstić information content (AvgIpc) is 2.41. The van der Waals surface area contributed by atoms with E-state index in [0.717, 1.165) is 25.7 Å². The lowest BCUT2D eigenvalue weighted by Crippen LogP contribution is -2.39. The van der Waals surface area contributed by atoms with Crippen molar-refractivity contribution in [3.63, 3.8) is 0 Å². The molecule has 0 aromatic heterocycles. The summed E-state index contributed by atoms with van der Waals surface area (Å²) in [6.07, 6.45) is -0.00438. The number of aliphatic hydroxyl groups excluding tert-OH is 1. The molecule has 0 aromatic rings. The summed E-state index contributed by atoms with van der Waals surface area (Å²) in [7, 11) is 0. The van der Waals surface area contributed by atoms with Crippen LogP contribution in [0.5, 0.6) is 0 Å². The Balaban J connectivity index is 2.19. The maximum Gasteiger partial charge on any atom is 0.390 e. The highest BCUT2D eigenvalue weighted by Gasteiger charge is 2.30. The maximum atomic E-state index is 12.2. The molecule has 0 spiro atoms. The van der Waals surface area contributed by atoms with Gasteiger partial charge in [-0.1, -0.05) is 26.2 Å². The molecule has 0 heterocycles. The molecule has 1 rings (SSSR count). The molecule has 0 aliphatic heterocycles. The minimum absolute atomic E-state index is 0.126. The zero-order valence-corrected chi connectivity index (χ0v) is 13.0. The molecule has 1 fully saturated rings. The number of hydrogen-bond donors (Lipinski definition) is 2. The van der Waals surface area contributed by atoms with Gasteiger partial charge >= 0.3 is 6.18 Å². The van der Waals surface area contributed by atoms with E-state index in [2.05, 4.69) is 12.2 Å². The standard InChI is InChI=1S/C15H28F3NO2/c1-3-12-6-4-5-7-14(12)21-10-13(20)9-19-11(2)8-15(16,17)18/h11-14,19-20H,3-10H2,1-2H3. The Morgan fingerprint density at radius 1 is 1.29 bits per heavy atom. The SMILES string of the molecule is CCC1CCCCC1OCC(O)CNC(C)CC(F)(F)F. The largest absolute Gasteiger partial charge is 0.390 e. The van der Waals surface area contributed by atoms with Gasteiger partial charge < -0.3 is 15.2 Å². The third-order valence-electron chi connectivity index (χ3n) is 4.11. The van der Waals surface area contributed by atoms with Gasteiger partial charge in [0.05, 0.1) is 25.2 Å². The summed E-state index contributed by atoms with van der Waals surface area (Å²) in [4.78, 5) is 0. The summed E-state index contributed by atoms with van der Waals surface area (Å²) >= 11 is 0. The van der Waals surface area contributed by atoms with Gasteiger partial charge in [-0.2, -0.15) is 13.2 Å². The van der Waals surface area contributed by atoms with Crippen LogP contribution in [-0.2, 0) is 4.74 Å². The van der Waals surface area contributed by atoms with Crippen molar-refractivity contribution in [1.82, 2.24) is 5.32 Å². The maximum absolute atomic E-state index is 12.2. The summed E-state index contributed by atoms with van der Waals surface area (Å²) in [5.74, 6) is 0.545. The molecule has 0 bridgehead atoms. The monoisotopic (exact) mass is 311 g/mol. The van der Waals surface area contributed by atoms with Gasteiger partial charge in [0, 0.05) is 12.6 Å². The summed E-state index contributed by atoms with van der Waals surface area (Å²) in [5, 5.41) is 12.5. The lowest BCUT2D eigenvalue weighted by atomic mass is 9.85. The first-order valence-corrected chi connectivity index (χ1v) is 7.91. The highest BCUT2D eigenvalue weighted by Crippen LogP contribution is 2.29. The van der Waals surface area contributed by atoms with Crippen LogP contribution in [0.1, 0.15) is 52.4 Å². The quantitative estimate of drug-likeness (QED) is 0.723.